The molecular weight excluding hydrogens is 393 g/mol. The molecule has 1 amide bonds. The fraction of sp³-hybridized carbons (Fsp3) is 0.136. The highest BCUT2D eigenvalue weighted by molar-refractivity contribution is 5.82. The Morgan fingerprint density at radius 3 is 2.40 bits per heavy atom. The van der Waals surface area contributed by atoms with Gasteiger partial charge in [-0.3, -0.25) is 9.36 Å². The first-order chi connectivity index (χ1) is 14.4. The van der Waals surface area contributed by atoms with Crippen LogP contribution in [0.5, 0.6) is 0 Å². The van der Waals surface area contributed by atoms with E-state index < -0.39 is 11.7 Å². The highest BCUT2D eigenvalue weighted by Gasteiger charge is 2.30. The van der Waals surface area contributed by atoms with Gasteiger partial charge in [0.2, 0.25) is 5.91 Å². The standard InChI is InChI=1S/C22H17F3N4O/c23-22(24,25)17-10-8-16(9-11-17)20-28-18-7-4-12-26-21(18)29(20)14-19(30)27-13-15-5-2-1-3-6-15/h1-12H,13-14H2,(H,27,30). The Morgan fingerprint density at radius 1 is 0.967 bits per heavy atom. The lowest BCUT2D eigenvalue weighted by Crippen LogP contribution is -2.27. The van der Waals surface area contributed by atoms with Crippen molar-refractivity contribution in [2.45, 2.75) is 19.3 Å². The van der Waals surface area contributed by atoms with Gasteiger partial charge in [-0.25, -0.2) is 9.97 Å². The third-order valence-electron chi connectivity index (χ3n) is 4.61. The number of imidazole rings is 1. The smallest absolute Gasteiger partial charge is 0.350 e. The van der Waals surface area contributed by atoms with Crippen LogP contribution >= 0.6 is 0 Å². The Balaban J connectivity index is 1.63. The Kier molecular flexibility index (Phi) is 5.22. The summed E-state index contributed by atoms with van der Waals surface area (Å²) < 4.78 is 40.3. The van der Waals surface area contributed by atoms with Gasteiger partial charge in [0.25, 0.3) is 0 Å². The van der Waals surface area contributed by atoms with Crippen LogP contribution in [0.4, 0.5) is 13.2 Å². The van der Waals surface area contributed by atoms with Gasteiger partial charge >= 0.3 is 6.18 Å². The molecule has 0 aliphatic rings. The number of pyridine rings is 1. The quantitative estimate of drug-likeness (QED) is 0.529. The van der Waals surface area contributed by atoms with E-state index in [-0.39, 0.29) is 12.5 Å². The van der Waals surface area contributed by atoms with Gasteiger partial charge in [-0.1, -0.05) is 42.5 Å². The molecule has 2 aromatic carbocycles. The zero-order valence-electron chi connectivity index (χ0n) is 15.7. The van der Waals surface area contributed by atoms with Gasteiger partial charge in [-0.05, 0) is 29.8 Å². The van der Waals surface area contributed by atoms with Gasteiger partial charge in [0.1, 0.15) is 17.9 Å². The molecule has 0 aliphatic carbocycles. The normalized spacial score (nSPS) is 11.6. The highest BCUT2D eigenvalue weighted by Crippen LogP contribution is 2.31. The molecule has 4 aromatic rings. The first-order valence-electron chi connectivity index (χ1n) is 9.21. The highest BCUT2D eigenvalue weighted by atomic mass is 19.4. The number of halogens is 3. The van der Waals surface area contributed by atoms with Crippen molar-refractivity contribution in [1.82, 2.24) is 19.9 Å². The van der Waals surface area contributed by atoms with Crippen LogP contribution in [0.3, 0.4) is 0 Å². The summed E-state index contributed by atoms with van der Waals surface area (Å²) in [4.78, 5) is 21.3. The van der Waals surface area contributed by atoms with E-state index in [0.29, 0.717) is 29.1 Å². The summed E-state index contributed by atoms with van der Waals surface area (Å²) in [5.74, 6) is 0.129. The Labute approximate surface area is 170 Å². The zero-order chi connectivity index (χ0) is 21.1. The van der Waals surface area contributed by atoms with Crippen molar-refractivity contribution in [1.29, 1.82) is 0 Å². The molecule has 8 heteroatoms. The van der Waals surface area contributed by atoms with E-state index in [0.717, 1.165) is 17.7 Å². The first-order valence-corrected chi connectivity index (χ1v) is 9.21. The maximum absolute atomic E-state index is 12.9. The third kappa shape index (κ3) is 4.17. The second-order valence-corrected chi connectivity index (χ2v) is 6.71. The lowest BCUT2D eigenvalue weighted by Gasteiger charge is -2.11. The van der Waals surface area contributed by atoms with Crippen molar-refractivity contribution < 1.29 is 18.0 Å². The lowest BCUT2D eigenvalue weighted by atomic mass is 10.1. The molecule has 0 radical (unpaired) electrons. The molecule has 0 atom stereocenters. The number of benzene rings is 2. The molecule has 0 fully saturated rings. The number of carbonyl (C=O) groups excluding carboxylic acids is 1. The maximum Gasteiger partial charge on any atom is 0.416 e. The number of hydrogen-bond acceptors (Lipinski definition) is 3. The van der Waals surface area contributed by atoms with Crippen molar-refractivity contribution in [2.75, 3.05) is 0 Å². The van der Waals surface area contributed by atoms with Gasteiger partial charge in [0, 0.05) is 18.3 Å². The minimum absolute atomic E-state index is 0.0588. The molecule has 0 saturated carbocycles. The molecule has 4 rings (SSSR count). The molecule has 2 aromatic heterocycles. The predicted octanol–water partition coefficient (Wildman–Crippen LogP) is 4.43. The summed E-state index contributed by atoms with van der Waals surface area (Å²) in [6.07, 6.45) is -2.84. The number of hydrogen-bond donors (Lipinski definition) is 1. The number of carbonyl (C=O) groups is 1. The van der Waals surface area contributed by atoms with E-state index in [2.05, 4.69) is 15.3 Å². The molecule has 0 aliphatic heterocycles. The summed E-state index contributed by atoms with van der Waals surface area (Å²) in [6, 6.07) is 17.6. The lowest BCUT2D eigenvalue weighted by molar-refractivity contribution is -0.137. The second kappa shape index (κ2) is 7.98. The van der Waals surface area contributed by atoms with Crippen molar-refractivity contribution >= 4 is 17.1 Å². The predicted molar refractivity (Wildman–Crippen MR) is 106 cm³/mol. The van der Waals surface area contributed by atoms with Crippen molar-refractivity contribution in [2.24, 2.45) is 0 Å². The van der Waals surface area contributed by atoms with Gasteiger partial charge in [0.05, 0.1) is 5.56 Å². The van der Waals surface area contributed by atoms with E-state index in [1.165, 1.54) is 12.1 Å². The number of amides is 1. The third-order valence-corrected chi connectivity index (χ3v) is 4.61. The Morgan fingerprint density at radius 2 is 1.70 bits per heavy atom. The summed E-state index contributed by atoms with van der Waals surface area (Å²) in [5.41, 5.74) is 1.73. The Bertz CT molecular complexity index is 1170. The van der Waals surface area contributed by atoms with Crippen LogP contribution in [0.15, 0.2) is 72.9 Å². The van der Waals surface area contributed by atoms with Gasteiger partial charge in [-0.15, -0.1) is 0 Å². The molecule has 0 saturated heterocycles. The van der Waals surface area contributed by atoms with Crippen LogP contribution in [0.2, 0.25) is 0 Å². The molecule has 0 spiro atoms. The average molecular weight is 410 g/mol. The van der Waals surface area contributed by atoms with Crippen molar-refractivity contribution in [3.8, 4) is 11.4 Å². The topological polar surface area (TPSA) is 59.8 Å². The molecule has 5 nitrogen and oxygen atoms in total. The van der Waals surface area contributed by atoms with E-state index >= 15 is 0 Å². The van der Waals surface area contributed by atoms with Crippen LogP contribution < -0.4 is 5.32 Å². The van der Waals surface area contributed by atoms with Crippen LogP contribution in [0.1, 0.15) is 11.1 Å². The largest absolute Gasteiger partial charge is 0.416 e. The number of aromatic nitrogens is 3. The Hall–Kier alpha value is -3.68. The molecule has 1 N–H and O–H groups in total. The van der Waals surface area contributed by atoms with E-state index in [1.807, 2.05) is 30.3 Å². The minimum Gasteiger partial charge on any atom is -0.350 e. The molecule has 0 bridgehead atoms. The molecule has 0 unspecified atom stereocenters. The van der Waals surface area contributed by atoms with E-state index in [9.17, 15) is 18.0 Å². The molecule has 2 heterocycles. The molecule has 30 heavy (non-hydrogen) atoms. The number of nitrogens with one attached hydrogen (secondary N) is 1. The monoisotopic (exact) mass is 410 g/mol. The summed E-state index contributed by atoms with van der Waals surface area (Å²) in [6.45, 7) is 0.312. The first kappa shape index (κ1) is 19.6. The molecular formula is C22H17F3N4O. The van der Waals surface area contributed by atoms with Gasteiger partial charge < -0.3 is 5.32 Å². The average Bonchev–Trinajstić information content (AvgIpc) is 3.11. The van der Waals surface area contributed by atoms with Gasteiger partial charge in [-0.2, -0.15) is 13.2 Å². The zero-order valence-corrected chi connectivity index (χ0v) is 15.7. The summed E-state index contributed by atoms with van der Waals surface area (Å²) in [5, 5.41) is 2.85. The fourth-order valence-electron chi connectivity index (χ4n) is 3.13. The second-order valence-electron chi connectivity index (χ2n) is 6.71. The molecule has 152 valence electrons. The van der Waals surface area contributed by atoms with Crippen molar-refractivity contribution in [3.63, 3.8) is 0 Å². The SMILES string of the molecule is O=C(Cn1c(-c2ccc(C(F)(F)F)cc2)nc2cccnc21)NCc1ccccc1. The van der Waals surface area contributed by atoms with Crippen LogP contribution in [0, 0.1) is 0 Å². The van der Waals surface area contributed by atoms with Crippen molar-refractivity contribution in [3.05, 3.63) is 84.1 Å². The fourth-order valence-corrected chi connectivity index (χ4v) is 3.13. The number of alkyl halides is 3. The summed E-state index contributed by atoms with van der Waals surface area (Å²) >= 11 is 0. The maximum atomic E-state index is 12.9. The summed E-state index contributed by atoms with van der Waals surface area (Å²) in [7, 11) is 0. The van der Waals surface area contributed by atoms with E-state index in [1.54, 1.807) is 22.9 Å². The van der Waals surface area contributed by atoms with E-state index in [4.69, 9.17) is 0 Å². The van der Waals surface area contributed by atoms with Crippen LogP contribution in [-0.4, -0.2) is 20.4 Å². The van der Waals surface area contributed by atoms with Crippen LogP contribution in [0.25, 0.3) is 22.6 Å². The van der Waals surface area contributed by atoms with Gasteiger partial charge in [0.15, 0.2) is 5.65 Å². The minimum atomic E-state index is -4.42. The number of fused-ring (bicyclic) bond motifs is 1. The van der Waals surface area contributed by atoms with Crippen LogP contribution in [-0.2, 0) is 24.1 Å². The number of nitrogens with zero attached hydrogens (tertiary/aromatic N) is 3. The number of rotatable bonds is 5.